The van der Waals surface area contributed by atoms with Gasteiger partial charge in [0.25, 0.3) is 11.8 Å². The van der Waals surface area contributed by atoms with Crippen LogP contribution >= 0.6 is 0 Å². The number of carbonyl (C=O) groups excluding carboxylic acids is 3. The molecule has 0 aromatic rings. The van der Waals surface area contributed by atoms with Crippen LogP contribution in [0, 0.1) is 5.92 Å². The molecule has 0 bridgehead atoms. The molecule has 1 rings (SSSR count). The van der Waals surface area contributed by atoms with Gasteiger partial charge in [0, 0.05) is 32.4 Å². The predicted octanol–water partition coefficient (Wildman–Crippen LogP) is -1.13. The van der Waals surface area contributed by atoms with Crippen molar-refractivity contribution in [3.05, 3.63) is 0 Å². The third kappa shape index (κ3) is 10.4. The second kappa shape index (κ2) is 10.1. The van der Waals surface area contributed by atoms with E-state index in [0.717, 1.165) is 12.5 Å². The number of hydrogen-bond donors (Lipinski definition) is 2. The smallest absolute Gasteiger partial charge is 0.330 e. The van der Waals surface area contributed by atoms with Crippen LogP contribution in [0.15, 0.2) is 0 Å². The predicted molar refractivity (Wildman–Crippen MR) is 94.8 cm³/mol. The lowest BCUT2D eigenvalue weighted by Gasteiger charge is -2.17. The number of sulfonamides is 2. The standard InChI is InChI=1S/C14H25N3O8S2/c1-26(21,22)15-9-8-11(10-16-27(2,23)24)4-3-5-14(20)25-17-12(18)6-7-13(17)19/h11,15-16H,3-10H2,1-2H3. The van der Waals surface area contributed by atoms with Crippen LogP contribution in [0.4, 0.5) is 0 Å². The van der Waals surface area contributed by atoms with E-state index in [1.165, 1.54) is 0 Å². The maximum atomic E-state index is 11.8. The molecule has 2 N–H and O–H groups in total. The van der Waals surface area contributed by atoms with E-state index in [9.17, 15) is 31.2 Å². The summed E-state index contributed by atoms with van der Waals surface area (Å²) in [6, 6.07) is 0. The van der Waals surface area contributed by atoms with Crippen LogP contribution in [0.1, 0.15) is 38.5 Å². The number of nitrogens with one attached hydrogen (secondary N) is 2. The average Bonchev–Trinajstić information content (AvgIpc) is 2.82. The molecule has 2 amide bonds. The SMILES string of the molecule is CS(=O)(=O)NCCC(CCCC(=O)ON1C(=O)CCC1=O)CNS(C)(=O)=O. The average molecular weight is 428 g/mol. The largest absolute Gasteiger partial charge is 0.333 e. The molecule has 27 heavy (non-hydrogen) atoms. The molecule has 0 saturated carbocycles. The van der Waals surface area contributed by atoms with Crippen LogP contribution < -0.4 is 9.44 Å². The Hall–Kier alpha value is -1.57. The minimum Gasteiger partial charge on any atom is -0.330 e. The first-order chi connectivity index (χ1) is 12.4. The highest BCUT2D eigenvalue weighted by Gasteiger charge is 2.32. The Balaban J connectivity index is 2.45. The number of nitrogens with zero attached hydrogens (tertiary/aromatic N) is 1. The molecular formula is C14H25N3O8S2. The Labute approximate surface area is 158 Å². The number of hydroxylamine groups is 2. The molecule has 13 heteroatoms. The number of amides is 2. The van der Waals surface area contributed by atoms with Gasteiger partial charge >= 0.3 is 5.97 Å². The van der Waals surface area contributed by atoms with Crippen molar-refractivity contribution >= 4 is 37.8 Å². The summed E-state index contributed by atoms with van der Waals surface area (Å²) in [6.45, 7) is 0.235. The number of rotatable bonds is 12. The molecule has 0 spiro atoms. The zero-order valence-electron chi connectivity index (χ0n) is 15.3. The normalized spacial score (nSPS) is 16.6. The third-order valence-electron chi connectivity index (χ3n) is 3.74. The van der Waals surface area contributed by atoms with Gasteiger partial charge in [-0.15, -0.1) is 5.06 Å². The van der Waals surface area contributed by atoms with Gasteiger partial charge in [-0.1, -0.05) is 0 Å². The van der Waals surface area contributed by atoms with E-state index < -0.39 is 37.8 Å². The van der Waals surface area contributed by atoms with Gasteiger partial charge in [0.05, 0.1) is 12.5 Å². The van der Waals surface area contributed by atoms with E-state index >= 15 is 0 Å². The molecule has 1 fully saturated rings. The van der Waals surface area contributed by atoms with Gasteiger partial charge in [0.15, 0.2) is 0 Å². The highest BCUT2D eigenvalue weighted by Crippen LogP contribution is 2.16. The summed E-state index contributed by atoms with van der Waals surface area (Å²) >= 11 is 0. The number of imide groups is 1. The van der Waals surface area contributed by atoms with Crippen LogP contribution in [0.2, 0.25) is 0 Å². The Bertz CT molecular complexity index is 747. The zero-order valence-corrected chi connectivity index (χ0v) is 16.9. The lowest BCUT2D eigenvalue weighted by Crippen LogP contribution is -2.32. The van der Waals surface area contributed by atoms with Crippen LogP contribution in [-0.2, 0) is 39.3 Å². The maximum Gasteiger partial charge on any atom is 0.333 e. The van der Waals surface area contributed by atoms with Crippen molar-refractivity contribution in [1.29, 1.82) is 0 Å². The molecule has 0 aromatic heterocycles. The molecule has 0 aliphatic carbocycles. The molecular weight excluding hydrogens is 402 g/mol. The van der Waals surface area contributed by atoms with E-state index in [-0.39, 0.29) is 38.3 Å². The van der Waals surface area contributed by atoms with Crippen molar-refractivity contribution in [2.24, 2.45) is 5.92 Å². The highest BCUT2D eigenvalue weighted by molar-refractivity contribution is 7.89. The molecule has 1 saturated heterocycles. The van der Waals surface area contributed by atoms with Crippen molar-refractivity contribution in [1.82, 2.24) is 14.5 Å². The molecule has 11 nitrogen and oxygen atoms in total. The maximum absolute atomic E-state index is 11.8. The summed E-state index contributed by atoms with van der Waals surface area (Å²) in [4.78, 5) is 39.3. The molecule has 1 heterocycles. The van der Waals surface area contributed by atoms with Crippen molar-refractivity contribution < 1.29 is 36.1 Å². The summed E-state index contributed by atoms with van der Waals surface area (Å²) in [6.07, 6.45) is 3.11. The van der Waals surface area contributed by atoms with Crippen molar-refractivity contribution in [3.63, 3.8) is 0 Å². The second-order valence-corrected chi connectivity index (χ2v) is 10.0. The molecule has 156 valence electrons. The molecule has 1 atom stereocenters. The monoisotopic (exact) mass is 427 g/mol. The fraction of sp³-hybridized carbons (Fsp3) is 0.786. The molecule has 1 aliphatic rings. The highest BCUT2D eigenvalue weighted by atomic mass is 32.2. The fourth-order valence-corrected chi connectivity index (χ4v) is 3.43. The summed E-state index contributed by atoms with van der Waals surface area (Å²) in [5.74, 6) is -2.06. The van der Waals surface area contributed by atoms with Gasteiger partial charge in [-0.25, -0.2) is 31.1 Å². The van der Waals surface area contributed by atoms with Crippen molar-refractivity contribution in [2.75, 3.05) is 25.6 Å². The zero-order chi connectivity index (χ0) is 20.7. The van der Waals surface area contributed by atoms with Crippen LogP contribution in [0.5, 0.6) is 0 Å². The van der Waals surface area contributed by atoms with E-state index in [1.54, 1.807) is 0 Å². The van der Waals surface area contributed by atoms with E-state index in [0.29, 0.717) is 24.3 Å². The van der Waals surface area contributed by atoms with Crippen LogP contribution in [0.25, 0.3) is 0 Å². The molecule has 0 radical (unpaired) electrons. The molecule has 1 aliphatic heterocycles. The van der Waals surface area contributed by atoms with Gasteiger partial charge in [-0.05, 0) is 25.2 Å². The molecule has 1 unspecified atom stereocenters. The van der Waals surface area contributed by atoms with Crippen LogP contribution in [-0.4, -0.2) is 65.3 Å². The Morgan fingerprint density at radius 1 is 1.04 bits per heavy atom. The van der Waals surface area contributed by atoms with E-state index in [2.05, 4.69) is 9.44 Å². The summed E-state index contributed by atoms with van der Waals surface area (Å²) in [7, 11) is -6.76. The quantitative estimate of drug-likeness (QED) is 0.371. The number of hydrogen-bond acceptors (Lipinski definition) is 8. The lowest BCUT2D eigenvalue weighted by atomic mass is 9.99. The Morgan fingerprint density at radius 3 is 2.11 bits per heavy atom. The van der Waals surface area contributed by atoms with Gasteiger partial charge in [0.1, 0.15) is 0 Å². The first kappa shape index (κ1) is 23.5. The van der Waals surface area contributed by atoms with Gasteiger partial charge in [0.2, 0.25) is 20.0 Å². The third-order valence-corrected chi connectivity index (χ3v) is 5.16. The first-order valence-electron chi connectivity index (χ1n) is 8.33. The summed E-state index contributed by atoms with van der Waals surface area (Å²) in [5.41, 5.74) is 0. The second-order valence-electron chi connectivity index (χ2n) is 6.38. The van der Waals surface area contributed by atoms with E-state index in [4.69, 9.17) is 4.84 Å². The van der Waals surface area contributed by atoms with Crippen LogP contribution in [0.3, 0.4) is 0 Å². The Kier molecular flexibility index (Phi) is 8.78. The first-order valence-corrected chi connectivity index (χ1v) is 12.1. The summed E-state index contributed by atoms with van der Waals surface area (Å²) in [5, 5.41) is 0.473. The van der Waals surface area contributed by atoms with Gasteiger partial charge < -0.3 is 4.84 Å². The minimum atomic E-state index is -3.40. The van der Waals surface area contributed by atoms with E-state index in [1.807, 2.05) is 0 Å². The van der Waals surface area contributed by atoms with Crippen molar-refractivity contribution in [2.45, 2.75) is 38.5 Å². The lowest BCUT2D eigenvalue weighted by molar-refractivity contribution is -0.197. The minimum absolute atomic E-state index is 0.0126. The molecule has 0 aromatic carbocycles. The fourth-order valence-electron chi connectivity index (χ4n) is 2.41. The number of carbonyl (C=O) groups is 3. The summed E-state index contributed by atoms with van der Waals surface area (Å²) < 4.78 is 49.4. The van der Waals surface area contributed by atoms with Gasteiger partial charge in [-0.2, -0.15) is 0 Å². The van der Waals surface area contributed by atoms with Gasteiger partial charge in [-0.3, -0.25) is 9.59 Å². The Morgan fingerprint density at radius 2 is 1.59 bits per heavy atom. The van der Waals surface area contributed by atoms with Crippen molar-refractivity contribution in [3.8, 4) is 0 Å². The topological polar surface area (TPSA) is 156 Å².